The summed E-state index contributed by atoms with van der Waals surface area (Å²) in [4.78, 5) is 4.70. The first-order valence-electron chi connectivity index (χ1n) is 11.8. The number of hydrogen-bond donors (Lipinski definition) is 0. The van der Waals surface area contributed by atoms with Crippen molar-refractivity contribution in [1.82, 2.24) is 4.98 Å². The Morgan fingerprint density at radius 1 is 1.06 bits per heavy atom. The van der Waals surface area contributed by atoms with Gasteiger partial charge in [0, 0.05) is 22.4 Å². The minimum absolute atomic E-state index is 0.105. The molecule has 2 aromatic carbocycles. The lowest BCUT2D eigenvalue weighted by Crippen LogP contribution is -2.30. The quantitative estimate of drug-likeness (QED) is 0.394. The molecule has 1 atom stereocenters. The molecule has 176 valence electrons. The molecule has 1 fully saturated rings. The molecule has 0 saturated heterocycles. The fourth-order valence-corrected chi connectivity index (χ4v) is 7.29. The van der Waals surface area contributed by atoms with Crippen molar-refractivity contribution in [2.75, 3.05) is 12.9 Å². The van der Waals surface area contributed by atoms with Crippen LogP contribution in [0.1, 0.15) is 57.4 Å². The van der Waals surface area contributed by atoms with Gasteiger partial charge in [0.15, 0.2) is 9.84 Å². The van der Waals surface area contributed by atoms with Gasteiger partial charge in [-0.1, -0.05) is 63.4 Å². The van der Waals surface area contributed by atoms with E-state index in [-0.39, 0.29) is 28.7 Å². The zero-order chi connectivity index (χ0) is 23.6. The summed E-state index contributed by atoms with van der Waals surface area (Å²) in [6.45, 7) is 4.08. The molecule has 0 amide bonds. The lowest BCUT2D eigenvalue weighted by molar-refractivity contribution is 0.382. The van der Waals surface area contributed by atoms with Crippen molar-refractivity contribution in [3.63, 3.8) is 0 Å². The maximum Gasteiger partial charge on any atom is 0.217 e. The summed E-state index contributed by atoms with van der Waals surface area (Å²) >= 11 is 0. The van der Waals surface area contributed by atoms with Gasteiger partial charge in [-0.3, -0.25) is 0 Å². The molecule has 1 heterocycles. The first-order chi connectivity index (χ1) is 15.8. The van der Waals surface area contributed by atoms with Gasteiger partial charge in [-0.25, -0.2) is 17.8 Å². The Morgan fingerprint density at radius 2 is 1.82 bits per heavy atom. The Labute approximate surface area is 196 Å². The molecule has 1 unspecified atom stereocenters. The van der Waals surface area contributed by atoms with Crippen LogP contribution in [0.25, 0.3) is 22.0 Å². The molecule has 0 bridgehead atoms. The number of hydrogen-bond acceptors (Lipinski definition) is 4. The van der Waals surface area contributed by atoms with Crippen LogP contribution in [-0.4, -0.2) is 31.5 Å². The lowest BCUT2D eigenvalue weighted by atomic mass is 9.90. The molecule has 4 nitrogen and oxygen atoms in total. The molecular formula is C27H32FNO3S. The van der Waals surface area contributed by atoms with Crippen molar-refractivity contribution in [2.45, 2.75) is 57.1 Å². The smallest absolute Gasteiger partial charge is 0.217 e. The molecule has 0 radical (unpaired) electrons. The maximum atomic E-state index is 14.3. The fraction of sp³-hybridized carbons (Fsp3) is 0.444. The van der Waals surface area contributed by atoms with Crippen LogP contribution < -0.4 is 4.74 Å². The molecule has 1 aromatic heterocycles. The SMILES string of the molecule is COc1nc(-c2ccc3cccc(F)c3c2)ccc1C(CS(=O)(=O)C1CCCCC1)C(C)C. The van der Waals surface area contributed by atoms with Gasteiger partial charge in [0.05, 0.1) is 23.8 Å². The number of halogens is 1. The Bertz CT molecular complexity index is 1230. The third-order valence-electron chi connectivity index (χ3n) is 6.88. The van der Waals surface area contributed by atoms with Gasteiger partial charge in [-0.05, 0) is 42.3 Å². The van der Waals surface area contributed by atoms with Gasteiger partial charge in [0.2, 0.25) is 5.88 Å². The number of aromatic nitrogens is 1. The molecule has 3 aromatic rings. The largest absolute Gasteiger partial charge is 0.481 e. The number of sulfone groups is 1. The average molecular weight is 470 g/mol. The van der Waals surface area contributed by atoms with Crippen LogP contribution in [0, 0.1) is 11.7 Å². The van der Waals surface area contributed by atoms with E-state index in [1.165, 1.54) is 6.07 Å². The topological polar surface area (TPSA) is 56.3 Å². The summed E-state index contributed by atoms with van der Waals surface area (Å²) in [6, 6.07) is 14.4. The van der Waals surface area contributed by atoms with Crippen molar-refractivity contribution in [3.05, 3.63) is 59.9 Å². The van der Waals surface area contributed by atoms with Crippen LogP contribution in [0.3, 0.4) is 0 Å². The number of pyridine rings is 1. The summed E-state index contributed by atoms with van der Waals surface area (Å²) in [5.74, 6) is 0.167. The van der Waals surface area contributed by atoms with E-state index in [4.69, 9.17) is 9.72 Å². The Morgan fingerprint density at radius 3 is 2.52 bits per heavy atom. The molecule has 4 rings (SSSR count). The molecule has 1 aliphatic rings. The second-order valence-corrected chi connectivity index (χ2v) is 11.7. The first kappa shape index (κ1) is 23.7. The Kier molecular flexibility index (Phi) is 7.03. The van der Waals surface area contributed by atoms with Crippen molar-refractivity contribution in [3.8, 4) is 17.1 Å². The monoisotopic (exact) mass is 469 g/mol. The highest BCUT2D eigenvalue weighted by molar-refractivity contribution is 7.92. The summed E-state index contributed by atoms with van der Waals surface area (Å²) in [5, 5.41) is 1.13. The third-order valence-corrected chi connectivity index (χ3v) is 9.19. The van der Waals surface area contributed by atoms with Gasteiger partial charge >= 0.3 is 0 Å². The number of nitrogens with zero attached hydrogens (tertiary/aromatic N) is 1. The van der Waals surface area contributed by atoms with E-state index in [9.17, 15) is 12.8 Å². The Balaban J connectivity index is 1.68. The van der Waals surface area contributed by atoms with Crippen LogP contribution >= 0.6 is 0 Å². The number of methoxy groups -OCH3 is 1. The van der Waals surface area contributed by atoms with Crippen molar-refractivity contribution < 1.29 is 17.5 Å². The van der Waals surface area contributed by atoms with Crippen LogP contribution in [0.15, 0.2) is 48.5 Å². The van der Waals surface area contributed by atoms with Gasteiger partial charge < -0.3 is 4.74 Å². The maximum absolute atomic E-state index is 14.3. The summed E-state index contributed by atoms with van der Waals surface area (Å²) < 4.78 is 46.4. The second kappa shape index (κ2) is 9.80. The predicted molar refractivity (Wildman–Crippen MR) is 132 cm³/mol. The number of ether oxygens (including phenoxy) is 1. The molecule has 1 aliphatic carbocycles. The molecule has 6 heteroatoms. The highest BCUT2D eigenvalue weighted by atomic mass is 32.2. The second-order valence-electron chi connectivity index (χ2n) is 9.41. The van der Waals surface area contributed by atoms with E-state index in [2.05, 4.69) is 0 Å². The molecule has 0 spiro atoms. The number of fused-ring (bicyclic) bond motifs is 1. The first-order valence-corrected chi connectivity index (χ1v) is 13.5. The third kappa shape index (κ3) is 5.06. The van der Waals surface area contributed by atoms with E-state index in [0.29, 0.717) is 17.0 Å². The van der Waals surface area contributed by atoms with Crippen LogP contribution in [0.2, 0.25) is 0 Å². The normalized spacial score (nSPS) is 16.3. The van der Waals surface area contributed by atoms with Crippen molar-refractivity contribution in [2.24, 2.45) is 5.92 Å². The highest BCUT2D eigenvalue weighted by Gasteiger charge is 2.33. The van der Waals surface area contributed by atoms with Gasteiger partial charge in [-0.2, -0.15) is 0 Å². The van der Waals surface area contributed by atoms with Crippen LogP contribution in [0.4, 0.5) is 4.39 Å². The zero-order valence-corrected chi connectivity index (χ0v) is 20.4. The van der Waals surface area contributed by atoms with E-state index in [0.717, 1.165) is 48.6 Å². The van der Waals surface area contributed by atoms with Crippen LogP contribution in [-0.2, 0) is 9.84 Å². The van der Waals surface area contributed by atoms with Crippen molar-refractivity contribution >= 4 is 20.6 Å². The minimum Gasteiger partial charge on any atom is -0.481 e. The fourth-order valence-electron chi connectivity index (χ4n) is 4.90. The van der Waals surface area contributed by atoms with Crippen molar-refractivity contribution in [1.29, 1.82) is 0 Å². The van der Waals surface area contributed by atoms with Crippen LogP contribution in [0.5, 0.6) is 5.88 Å². The summed E-state index contributed by atoms with van der Waals surface area (Å²) in [5.41, 5.74) is 2.26. The molecule has 1 saturated carbocycles. The van der Waals surface area contributed by atoms with E-state index in [1.807, 2.05) is 44.2 Å². The minimum atomic E-state index is -3.22. The van der Waals surface area contributed by atoms with E-state index < -0.39 is 9.84 Å². The van der Waals surface area contributed by atoms with Gasteiger partial charge in [-0.15, -0.1) is 0 Å². The molecule has 0 N–H and O–H groups in total. The van der Waals surface area contributed by atoms with E-state index in [1.54, 1.807) is 19.2 Å². The predicted octanol–water partition coefficient (Wildman–Crippen LogP) is 6.54. The number of benzene rings is 2. The zero-order valence-electron chi connectivity index (χ0n) is 19.6. The lowest BCUT2D eigenvalue weighted by Gasteiger charge is -2.27. The van der Waals surface area contributed by atoms with Gasteiger partial charge in [0.1, 0.15) is 5.82 Å². The summed E-state index contributed by atoms with van der Waals surface area (Å²) in [7, 11) is -1.66. The van der Waals surface area contributed by atoms with E-state index >= 15 is 0 Å². The highest BCUT2D eigenvalue weighted by Crippen LogP contribution is 2.36. The standard InChI is InChI=1S/C27H32FNO3S/c1-18(2)24(17-33(30,31)21-9-5-4-6-10-21)22-14-15-26(29-27(22)32-3)20-13-12-19-8-7-11-25(28)23(19)16-20/h7-8,11-16,18,21,24H,4-6,9-10,17H2,1-3H3. The average Bonchev–Trinajstić information content (AvgIpc) is 2.83. The molecule has 0 aliphatic heterocycles. The number of rotatable bonds is 7. The molecule has 33 heavy (non-hydrogen) atoms. The van der Waals surface area contributed by atoms with Gasteiger partial charge in [0.25, 0.3) is 0 Å². The molecular weight excluding hydrogens is 437 g/mol. The Hall–Kier alpha value is -2.47. The summed E-state index contributed by atoms with van der Waals surface area (Å²) in [6.07, 6.45) is 4.63.